The molecule has 4 aromatic rings. The number of aromatic nitrogens is 2. The minimum atomic E-state index is 0.0551. The fourth-order valence-corrected chi connectivity index (χ4v) is 5.86. The molecule has 0 radical (unpaired) electrons. The Morgan fingerprint density at radius 1 is 1.07 bits per heavy atom. The van der Waals surface area contributed by atoms with E-state index in [9.17, 15) is 4.79 Å². The molecule has 29 heavy (non-hydrogen) atoms. The highest BCUT2D eigenvalue weighted by atomic mass is 32.2. The number of thioether (sulfide) groups is 1. The monoisotopic (exact) mass is 419 g/mol. The lowest BCUT2D eigenvalue weighted by atomic mass is 10.0. The second-order valence-electron chi connectivity index (χ2n) is 7.20. The van der Waals surface area contributed by atoms with Crippen molar-refractivity contribution in [3.63, 3.8) is 0 Å². The lowest BCUT2D eigenvalue weighted by Crippen LogP contribution is -2.30. The molecule has 4 nitrogen and oxygen atoms in total. The van der Waals surface area contributed by atoms with Gasteiger partial charge in [-0.2, -0.15) is 0 Å². The summed E-state index contributed by atoms with van der Waals surface area (Å²) in [5.41, 5.74) is 3.45. The molecule has 3 heterocycles. The summed E-state index contributed by atoms with van der Waals surface area (Å²) in [5.74, 6) is 0. The van der Waals surface area contributed by atoms with Crippen LogP contribution in [0, 0.1) is 0 Å². The van der Waals surface area contributed by atoms with E-state index >= 15 is 0 Å². The zero-order valence-electron chi connectivity index (χ0n) is 16.2. The van der Waals surface area contributed by atoms with E-state index in [2.05, 4.69) is 35.2 Å². The summed E-state index contributed by atoms with van der Waals surface area (Å²) in [7, 11) is 0. The van der Waals surface area contributed by atoms with Gasteiger partial charge < -0.3 is 0 Å². The van der Waals surface area contributed by atoms with E-state index in [0.29, 0.717) is 0 Å². The summed E-state index contributed by atoms with van der Waals surface area (Å²) < 4.78 is 1.76. The molecule has 0 unspecified atom stereocenters. The third kappa shape index (κ3) is 3.41. The highest BCUT2D eigenvalue weighted by Gasteiger charge is 2.25. The zero-order valence-corrected chi connectivity index (χ0v) is 17.8. The van der Waals surface area contributed by atoms with Gasteiger partial charge in [-0.1, -0.05) is 60.3 Å². The maximum absolute atomic E-state index is 13.5. The summed E-state index contributed by atoms with van der Waals surface area (Å²) in [4.78, 5) is 23.0. The first-order valence-corrected chi connectivity index (χ1v) is 11.7. The molecular weight excluding hydrogens is 398 g/mol. The van der Waals surface area contributed by atoms with Crippen molar-refractivity contribution in [2.24, 2.45) is 0 Å². The Bertz CT molecular complexity index is 1220. The van der Waals surface area contributed by atoms with Crippen molar-refractivity contribution in [1.29, 1.82) is 0 Å². The second-order valence-corrected chi connectivity index (χ2v) is 9.06. The predicted molar refractivity (Wildman–Crippen MR) is 121 cm³/mol. The molecule has 0 fully saturated rings. The van der Waals surface area contributed by atoms with Gasteiger partial charge in [-0.15, -0.1) is 11.3 Å². The Morgan fingerprint density at radius 3 is 2.52 bits per heavy atom. The topological polar surface area (TPSA) is 38.1 Å². The number of thiophene rings is 1. The standard InChI is InChI=1S/C23H21N3OS2/c1-28-23-24-21-20(22(27)26(23)17-10-6-3-7-11-17)18-12-13-25(15-19(18)29-21)14-16-8-4-2-5-9-16/h2-11H,12-15H2,1H3. The van der Waals surface area contributed by atoms with E-state index in [0.717, 1.165) is 47.1 Å². The van der Waals surface area contributed by atoms with Crippen LogP contribution in [0.2, 0.25) is 0 Å². The van der Waals surface area contributed by atoms with Crippen molar-refractivity contribution in [3.8, 4) is 5.69 Å². The van der Waals surface area contributed by atoms with Gasteiger partial charge in [-0.05, 0) is 35.9 Å². The van der Waals surface area contributed by atoms with Crippen LogP contribution in [0.15, 0.2) is 70.6 Å². The quantitative estimate of drug-likeness (QED) is 0.354. The number of para-hydroxylation sites is 1. The molecule has 0 spiro atoms. The molecule has 0 saturated heterocycles. The van der Waals surface area contributed by atoms with Crippen molar-refractivity contribution >= 4 is 33.3 Å². The highest BCUT2D eigenvalue weighted by molar-refractivity contribution is 7.98. The van der Waals surface area contributed by atoms with E-state index in [4.69, 9.17) is 4.98 Å². The minimum absolute atomic E-state index is 0.0551. The van der Waals surface area contributed by atoms with Gasteiger partial charge in [-0.3, -0.25) is 14.3 Å². The number of hydrogen-bond acceptors (Lipinski definition) is 5. The van der Waals surface area contributed by atoms with Gasteiger partial charge in [0.05, 0.1) is 11.1 Å². The smallest absolute Gasteiger partial charge is 0.267 e. The Kier molecular flexibility index (Phi) is 4.99. The molecule has 0 saturated carbocycles. The number of nitrogens with zero attached hydrogens (tertiary/aromatic N) is 3. The normalized spacial score (nSPS) is 14.2. The van der Waals surface area contributed by atoms with Crippen molar-refractivity contribution < 1.29 is 0 Å². The fraction of sp³-hybridized carbons (Fsp3) is 0.217. The van der Waals surface area contributed by atoms with E-state index in [1.54, 1.807) is 15.9 Å². The first-order valence-electron chi connectivity index (χ1n) is 9.67. The van der Waals surface area contributed by atoms with Crippen LogP contribution in [0.5, 0.6) is 0 Å². The highest BCUT2D eigenvalue weighted by Crippen LogP contribution is 2.34. The largest absolute Gasteiger partial charge is 0.294 e. The first-order chi connectivity index (χ1) is 14.2. The van der Waals surface area contributed by atoms with E-state index in [-0.39, 0.29) is 5.56 Å². The summed E-state index contributed by atoms with van der Waals surface area (Å²) in [6.07, 6.45) is 2.87. The van der Waals surface area contributed by atoms with E-state index < -0.39 is 0 Å². The molecule has 2 aromatic heterocycles. The van der Waals surface area contributed by atoms with Gasteiger partial charge in [0.25, 0.3) is 5.56 Å². The average Bonchev–Trinajstić information content (AvgIpc) is 3.12. The Balaban J connectivity index is 1.57. The molecule has 0 bridgehead atoms. The molecule has 146 valence electrons. The zero-order chi connectivity index (χ0) is 19.8. The molecule has 1 aliphatic rings. The summed E-state index contributed by atoms with van der Waals surface area (Å²) in [5, 5.41) is 1.56. The number of benzene rings is 2. The van der Waals surface area contributed by atoms with Crippen LogP contribution in [0.25, 0.3) is 15.9 Å². The summed E-state index contributed by atoms with van der Waals surface area (Å²) in [6.45, 7) is 2.78. The Morgan fingerprint density at radius 2 is 1.79 bits per heavy atom. The molecule has 0 N–H and O–H groups in total. The maximum atomic E-state index is 13.5. The molecule has 0 amide bonds. The van der Waals surface area contributed by atoms with Crippen LogP contribution in [0.3, 0.4) is 0 Å². The molecule has 1 aliphatic heterocycles. The van der Waals surface area contributed by atoms with Crippen LogP contribution in [-0.2, 0) is 19.5 Å². The maximum Gasteiger partial charge on any atom is 0.267 e. The molecule has 0 atom stereocenters. The van der Waals surface area contributed by atoms with Gasteiger partial charge in [-0.25, -0.2) is 4.98 Å². The lowest BCUT2D eigenvalue weighted by molar-refractivity contribution is 0.249. The average molecular weight is 420 g/mol. The van der Waals surface area contributed by atoms with E-state index in [1.165, 1.54) is 27.8 Å². The molecule has 2 aromatic carbocycles. The number of fused-ring (bicyclic) bond motifs is 3. The summed E-state index contributed by atoms with van der Waals surface area (Å²) >= 11 is 3.20. The molecule has 5 rings (SSSR count). The molecule has 0 aliphatic carbocycles. The van der Waals surface area contributed by atoms with Crippen molar-refractivity contribution in [2.45, 2.75) is 24.7 Å². The van der Waals surface area contributed by atoms with Crippen molar-refractivity contribution in [3.05, 3.63) is 87.0 Å². The second kappa shape index (κ2) is 7.78. The number of hydrogen-bond donors (Lipinski definition) is 0. The van der Waals surface area contributed by atoms with Crippen LogP contribution >= 0.6 is 23.1 Å². The van der Waals surface area contributed by atoms with Crippen molar-refractivity contribution in [1.82, 2.24) is 14.5 Å². The minimum Gasteiger partial charge on any atom is -0.294 e. The Hall–Kier alpha value is -2.41. The predicted octanol–water partition coefficient (Wildman–Crippen LogP) is 4.73. The third-order valence-corrected chi connectivity index (χ3v) is 7.12. The molecular formula is C23H21N3OS2. The van der Waals surface area contributed by atoms with Crippen LogP contribution in [-0.4, -0.2) is 27.3 Å². The fourth-order valence-electron chi connectivity index (χ4n) is 4.00. The lowest BCUT2D eigenvalue weighted by Gasteiger charge is -2.26. The molecule has 6 heteroatoms. The Labute approximate surface area is 177 Å². The van der Waals surface area contributed by atoms with Crippen LogP contribution in [0.1, 0.15) is 16.0 Å². The van der Waals surface area contributed by atoms with Crippen molar-refractivity contribution in [2.75, 3.05) is 12.8 Å². The SMILES string of the molecule is CSc1nc2sc3c(c2c(=O)n1-c1ccccc1)CCN(Cc1ccccc1)C3. The van der Waals surface area contributed by atoms with Gasteiger partial charge in [0, 0.05) is 24.5 Å². The van der Waals surface area contributed by atoms with Gasteiger partial charge in [0.15, 0.2) is 5.16 Å². The third-order valence-electron chi connectivity index (χ3n) is 5.37. The summed E-state index contributed by atoms with van der Waals surface area (Å²) in [6, 6.07) is 20.4. The first kappa shape index (κ1) is 18.6. The van der Waals surface area contributed by atoms with Crippen LogP contribution in [0.4, 0.5) is 0 Å². The number of rotatable bonds is 4. The van der Waals surface area contributed by atoms with Gasteiger partial charge in [0.2, 0.25) is 0 Å². The van der Waals surface area contributed by atoms with E-state index in [1.807, 2.05) is 36.6 Å². The van der Waals surface area contributed by atoms with Gasteiger partial charge in [0.1, 0.15) is 4.83 Å². The van der Waals surface area contributed by atoms with Crippen LogP contribution < -0.4 is 5.56 Å². The van der Waals surface area contributed by atoms with Gasteiger partial charge >= 0.3 is 0 Å².